The molecule has 4 heteroatoms. The van der Waals surface area contributed by atoms with Crippen molar-refractivity contribution in [1.29, 1.82) is 0 Å². The van der Waals surface area contributed by atoms with Crippen molar-refractivity contribution in [2.24, 2.45) is 5.92 Å². The van der Waals surface area contributed by atoms with Gasteiger partial charge in [0.25, 0.3) is 0 Å². The molecule has 0 amide bonds. The number of carbonyl (C=O) groups is 1. The van der Waals surface area contributed by atoms with Crippen molar-refractivity contribution < 1.29 is 14.3 Å². The number of methoxy groups -OCH3 is 1. The lowest BCUT2D eigenvalue weighted by Gasteiger charge is -2.42. The van der Waals surface area contributed by atoms with Gasteiger partial charge in [-0.05, 0) is 48.4 Å². The third-order valence-corrected chi connectivity index (χ3v) is 5.85. The van der Waals surface area contributed by atoms with Gasteiger partial charge in [-0.1, -0.05) is 42.5 Å². The lowest BCUT2D eigenvalue weighted by Crippen LogP contribution is -2.55. The summed E-state index contributed by atoms with van der Waals surface area (Å²) in [4.78, 5) is 14.1. The number of fused-ring (bicyclic) bond motifs is 1. The minimum atomic E-state index is -0.0723. The second-order valence-corrected chi connectivity index (χ2v) is 7.59. The van der Waals surface area contributed by atoms with E-state index in [-0.39, 0.29) is 11.9 Å². The van der Waals surface area contributed by atoms with E-state index in [1.807, 2.05) is 18.2 Å². The predicted molar refractivity (Wildman–Crippen MR) is 105 cm³/mol. The molecule has 2 aliphatic rings. The number of benzene rings is 2. The van der Waals surface area contributed by atoms with Gasteiger partial charge in [-0.3, -0.25) is 9.69 Å². The Hall–Kier alpha value is -2.33. The lowest BCUT2D eigenvalue weighted by atomic mass is 9.93. The Kier molecular flexibility index (Phi) is 5.44. The maximum Gasteiger partial charge on any atom is 0.311 e. The SMILES string of the molecule is COC(=O)C1CN(C2CCCc3c(cccc3OCc3ccccc3)C2)C1. The monoisotopic (exact) mass is 365 g/mol. The molecule has 1 fully saturated rings. The van der Waals surface area contributed by atoms with Gasteiger partial charge in [0.2, 0.25) is 0 Å². The van der Waals surface area contributed by atoms with E-state index in [0.717, 1.165) is 38.1 Å². The lowest BCUT2D eigenvalue weighted by molar-refractivity contribution is -0.152. The Bertz CT molecular complexity index is 783. The fourth-order valence-corrected chi connectivity index (χ4v) is 4.27. The highest BCUT2D eigenvalue weighted by molar-refractivity contribution is 5.73. The zero-order chi connectivity index (χ0) is 18.6. The number of likely N-dealkylation sites (tertiary alicyclic amines) is 1. The molecule has 1 atom stereocenters. The van der Waals surface area contributed by atoms with E-state index in [2.05, 4.69) is 35.2 Å². The summed E-state index contributed by atoms with van der Waals surface area (Å²) in [5.41, 5.74) is 3.95. The molecule has 0 bridgehead atoms. The summed E-state index contributed by atoms with van der Waals surface area (Å²) in [5, 5.41) is 0. The molecule has 1 saturated heterocycles. The number of hydrogen-bond donors (Lipinski definition) is 0. The number of rotatable bonds is 5. The van der Waals surface area contributed by atoms with Gasteiger partial charge in [0.1, 0.15) is 12.4 Å². The molecule has 0 spiro atoms. The van der Waals surface area contributed by atoms with Gasteiger partial charge >= 0.3 is 5.97 Å². The molecule has 0 saturated carbocycles. The Balaban J connectivity index is 1.42. The Morgan fingerprint density at radius 2 is 1.93 bits per heavy atom. The average Bonchev–Trinajstić information content (AvgIpc) is 2.88. The van der Waals surface area contributed by atoms with Crippen molar-refractivity contribution in [3.63, 3.8) is 0 Å². The van der Waals surface area contributed by atoms with E-state index in [1.165, 1.54) is 30.2 Å². The normalized spacial score (nSPS) is 20.3. The highest BCUT2D eigenvalue weighted by Crippen LogP contribution is 2.33. The fourth-order valence-electron chi connectivity index (χ4n) is 4.27. The van der Waals surface area contributed by atoms with Crippen LogP contribution in [0.2, 0.25) is 0 Å². The van der Waals surface area contributed by atoms with E-state index in [1.54, 1.807) is 0 Å². The third kappa shape index (κ3) is 4.01. The van der Waals surface area contributed by atoms with Gasteiger partial charge in [-0.15, -0.1) is 0 Å². The van der Waals surface area contributed by atoms with Crippen molar-refractivity contribution in [3.05, 3.63) is 65.2 Å². The van der Waals surface area contributed by atoms with Gasteiger partial charge in [0, 0.05) is 19.1 Å². The van der Waals surface area contributed by atoms with Crippen LogP contribution in [0, 0.1) is 5.92 Å². The van der Waals surface area contributed by atoms with E-state index < -0.39 is 0 Å². The molecule has 1 aliphatic carbocycles. The summed E-state index contributed by atoms with van der Waals surface area (Å²) >= 11 is 0. The molecule has 1 aliphatic heterocycles. The summed E-state index contributed by atoms with van der Waals surface area (Å²) in [5.74, 6) is 1.00. The van der Waals surface area contributed by atoms with Gasteiger partial charge in [0.05, 0.1) is 13.0 Å². The average molecular weight is 365 g/mol. The van der Waals surface area contributed by atoms with Crippen molar-refractivity contribution >= 4 is 5.97 Å². The van der Waals surface area contributed by atoms with Crippen molar-refractivity contribution in [3.8, 4) is 5.75 Å². The van der Waals surface area contributed by atoms with Gasteiger partial charge in [-0.2, -0.15) is 0 Å². The van der Waals surface area contributed by atoms with Crippen LogP contribution in [0.1, 0.15) is 29.5 Å². The third-order valence-electron chi connectivity index (χ3n) is 5.85. The maximum atomic E-state index is 11.7. The van der Waals surface area contributed by atoms with E-state index >= 15 is 0 Å². The Morgan fingerprint density at radius 3 is 2.70 bits per heavy atom. The quantitative estimate of drug-likeness (QED) is 0.599. The van der Waals surface area contributed by atoms with Gasteiger partial charge < -0.3 is 9.47 Å². The molecular formula is C23H27NO3. The summed E-state index contributed by atoms with van der Waals surface area (Å²) in [6.45, 7) is 2.27. The predicted octanol–water partition coefficient (Wildman–Crippen LogP) is 3.62. The van der Waals surface area contributed by atoms with Crippen LogP contribution in [0.25, 0.3) is 0 Å². The van der Waals surface area contributed by atoms with E-state index in [9.17, 15) is 4.79 Å². The maximum absolute atomic E-state index is 11.7. The smallest absolute Gasteiger partial charge is 0.311 e. The van der Waals surface area contributed by atoms with Crippen LogP contribution in [0.15, 0.2) is 48.5 Å². The first-order valence-electron chi connectivity index (χ1n) is 9.84. The number of ether oxygens (including phenoxy) is 2. The zero-order valence-electron chi connectivity index (χ0n) is 15.9. The van der Waals surface area contributed by atoms with E-state index in [4.69, 9.17) is 9.47 Å². The van der Waals surface area contributed by atoms with Gasteiger partial charge in [0.15, 0.2) is 0 Å². The minimum Gasteiger partial charge on any atom is -0.489 e. The largest absolute Gasteiger partial charge is 0.489 e. The molecule has 1 heterocycles. The van der Waals surface area contributed by atoms with Crippen LogP contribution in [0.5, 0.6) is 5.75 Å². The molecule has 0 N–H and O–H groups in total. The van der Waals surface area contributed by atoms with Crippen LogP contribution in [0.4, 0.5) is 0 Å². The molecule has 27 heavy (non-hydrogen) atoms. The van der Waals surface area contributed by atoms with Crippen molar-refractivity contribution in [2.75, 3.05) is 20.2 Å². The molecule has 4 rings (SSSR count). The summed E-state index contributed by atoms with van der Waals surface area (Å²) in [6, 6.07) is 17.3. The minimum absolute atomic E-state index is 0.0539. The zero-order valence-corrected chi connectivity index (χ0v) is 15.9. The molecule has 0 aromatic heterocycles. The first-order valence-corrected chi connectivity index (χ1v) is 9.84. The first-order chi connectivity index (χ1) is 13.2. The molecule has 2 aromatic carbocycles. The van der Waals surface area contributed by atoms with Crippen molar-refractivity contribution in [1.82, 2.24) is 4.90 Å². The van der Waals surface area contributed by atoms with Crippen LogP contribution < -0.4 is 4.74 Å². The van der Waals surface area contributed by atoms with Crippen LogP contribution in [-0.2, 0) is 29.0 Å². The van der Waals surface area contributed by atoms with E-state index in [0.29, 0.717) is 12.6 Å². The Morgan fingerprint density at radius 1 is 1.11 bits per heavy atom. The van der Waals surface area contributed by atoms with Crippen LogP contribution in [0.3, 0.4) is 0 Å². The number of hydrogen-bond acceptors (Lipinski definition) is 4. The fraction of sp³-hybridized carbons (Fsp3) is 0.435. The van der Waals surface area contributed by atoms with Crippen molar-refractivity contribution in [2.45, 2.75) is 38.3 Å². The molecule has 142 valence electrons. The highest BCUT2D eigenvalue weighted by atomic mass is 16.5. The molecular weight excluding hydrogens is 338 g/mol. The molecule has 1 unspecified atom stereocenters. The molecule has 0 radical (unpaired) electrons. The molecule has 4 nitrogen and oxygen atoms in total. The standard InChI is InChI=1S/C23H27NO3/c1-26-23(25)19-14-24(15-19)20-10-6-11-21-18(13-20)9-5-12-22(21)27-16-17-7-3-2-4-8-17/h2-5,7-9,12,19-20H,6,10-11,13-16H2,1H3. The summed E-state index contributed by atoms with van der Waals surface area (Å²) in [6.07, 6.45) is 4.42. The van der Waals surface area contributed by atoms with Crippen LogP contribution in [-0.4, -0.2) is 37.1 Å². The van der Waals surface area contributed by atoms with Gasteiger partial charge in [-0.25, -0.2) is 0 Å². The second-order valence-electron chi connectivity index (χ2n) is 7.59. The summed E-state index contributed by atoms with van der Waals surface area (Å²) in [7, 11) is 1.48. The number of nitrogens with zero attached hydrogens (tertiary/aromatic N) is 1. The second kappa shape index (κ2) is 8.13. The highest BCUT2D eigenvalue weighted by Gasteiger charge is 2.38. The molecule has 2 aromatic rings. The Labute approximate surface area is 161 Å². The topological polar surface area (TPSA) is 38.8 Å². The van der Waals surface area contributed by atoms with Crippen LogP contribution >= 0.6 is 0 Å². The number of esters is 1. The first kappa shape index (κ1) is 18.1. The number of carbonyl (C=O) groups excluding carboxylic acids is 1. The summed E-state index contributed by atoms with van der Waals surface area (Å²) < 4.78 is 11.0.